The summed E-state index contributed by atoms with van der Waals surface area (Å²) < 4.78 is 22.6. The molecular weight excluding hydrogens is 451 g/mol. The summed E-state index contributed by atoms with van der Waals surface area (Å²) in [6.07, 6.45) is 1.72. The van der Waals surface area contributed by atoms with E-state index in [-0.39, 0.29) is 23.2 Å². The summed E-state index contributed by atoms with van der Waals surface area (Å²) in [5, 5.41) is 5.38. The number of piperidine rings is 1. The lowest BCUT2D eigenvalue weighted by Gasteiger charge is -2.25. The van der Waals surface area contributed by atoms with Gasteiger partial charge in [0.25, 0.3) is 0 Å². The molecule has 1 amide bonds. The van der Waals surface area contributed by atoms with Crippen LogP contribution in [0, 0.1) is 17.7 Å². The van der Waals surface area contributed by atoms with Crippen LogP contribution >= 0.6 is 27.5 Å². The predicted octanol–water partition coefficient (Wildman–Crippen LogP) is 4.90. The number of hydrogen-bond acceptors (Lipinski definition) is 4. The Labute approximate surface area is 175 Å². The van der Waals surface area contributed by atoms with Crippen molar-refractivity contribution >= 4 is 44.5 Å². The summed E-state index contributed by atoms with van der Waals surface area (Å²) in [6.45, 7) is 6.88. The van der Waals surface area contributed by atoms with E-state index in [1.165, 1.54) is 0 Å². The van der Waals surface area contributed by atoms with E-state index in [0.29, 0.717) is 35.0 Å². The summed E-state index contributed by atoms with van der Waals surface area (Å²) in [5.41, 5.74) is 0.810. The molecule has 28 heavy (non-hydrogen) atoms. The Hall–Kier alpha value is -1.41. The van der Waals surface area contributed by atoms with Gasteiger partial charge in [0.2, 0.25) is 0 Å². The maximum atomic E-state index is 14.8. The largest absolute Gasteiger partial charge is 0.444 e. The molecule has 1 saturated heterocycles. The molecule has 6 nitrogen and oxygen atoms in total. The number of nitrogens with zero attached hydrogens (tertiary/aromatic N) is 4. The number of likely N-dealkylation sites (tertiary alicyclic amines) is 1. The third-order valence-electron chi connectivity index (χ3n) is 5.78. The lowest BCUT2D eigenvalue weighted by Crippen LogP contribution is -2.36. The van der Waals surface area contributed by atoms with E-state index in [0.717, 1.165) is 23.9 Å². The first-order valence-corrected chi connectivity index (χ1v) is 10.7. The predicted molar refractivity (Wildman–Crippen MR) is 106 cm³/mol. The molecule has 5 rings (SSSR count). The monoisotopic (exact) mass is 470 g/mol. The highest BCUT2D eigenvalue weighted by Gasteiger charge is 2.59. The van der Waals surface area contributed by atoms with Crippen LogP contribution in [0.5, 0.6) is 0 Å². The number of carbonyl (C=O) groups excluding carboxylic acids is 1. The van der Waals surface area contributed by atoms with Crippen molar-refractivity contribution in [1.29, 1.82) is 0 Å². The van der Waals surface area contributed by atoms with Gasteiger partial charge in [0.15, 0.2) is 11.0 Å². The number of ether oxygens (including phenoxy) is 1. The van der Waals surface area contributed by atoms with E-state index in [1.807, 2.05) is 20.8 Å². The zero-order valence-corrected chi connectivity index (χ0v) is 18.2. The molecule has 9 heteroatoms. The maximum absolute atomic E-state index is 14.8. The van der Waals surface area contributed by atoms with Crippen molar-refractivity contribution in [2.45, 2.75) is 51.2 Å². The summed E-state index contributed by atoms with van der Waals surface area (Å²) >= 11 is 9.44. The summed E-state index contributed by atoms with van der Waals surface area (Å²) in [7, 11) is 0. The van der Waals surface area contributed by atoms with Crippen molar-refractivity contribution in [2.24, 2.45) is 11.8 Å². The van der Waals surface area contributed by atoms with E-state index in [4.69, 9.17) is 21.4 Å². The van der Waals surface area contributed by atoms with Crippen LogP contribution in [0.2, 0.25) is 5.15 Å². The average Bonchev–Trinajstić information content (AvgIpc) is 3.47. The molecule has 0 aromatic carbocycles. The number of amides is 1. The first kappa shape index (κ1) is 18.6. The van der Waals surface area contributed by atoms with Crippen molar-refractivity contribution < 1.29 is 13.9 Å². The topological polar surface area (TPSA) is 60.2 Å². The average molecular weight is 472 g/mol. The van der Waals surface area contributed by atoms with Gasteiger partial charge in [-0.2, -0.15) is 5.10 Å². The number of fused-ring (bicyclic) bond motifs is 2. The van der Waals surface area contributed by atoms with Gasteiger partial charge in [-0.15, -0.1) is 0 Å². The van der Waals surface area contributed by atoms with Gasteiger partial charge in [-0.25, -0.2) is 14.2 Å². The molecule has 2 aromatic rings. The van der Waals surface area contributed by atoms with Gasteiger partial charge in [-0.3, -0.25) is 4.68 Å². The lowest BCUT2D eigenvalue weighted by atomic mass is 10.1. The Morgan fingerprint density at radius 3 is 2.50 bits per heavy atom. The number of hydrogen-bond donors (Lipinski definition) is 0. The standard InChI is InChI=1S/C19H21BrClFN4O2/c1-19(2,3)28-18(27)25-6-9-10(7-25)11(9)14-12-15(26(24-14)8-4-5-8)13(22)17(21)23-16(12)20/h8-11H,4-7H2,1-3H3. The van der Waals surface area contributed by atoms with Crippen LogP contribution in [-0.4, -0.2) is 44.4 Å². The second-order valence-electron chi connectivity index (χ2n) is 9.03. The van der Waals surface area contributed by atoms with E-state index in [2.05, 4.69) is 20.9 Å². The number of aromatic nitrogens is 3. The molecule has 2 aliphatic carbocycles. The Morgan fingerprint density at radius 1 is 1.29 bits per heavy atom. The minimum absolute atomic E-state index is 0.139. The van der Waals surface area contributed by atoms with E-state index < -0.39 is 11.4 Å². The minimum atomic E-state index is -0.508. The van der Waals surface area contributed by atoms with Gasteiger partial charge in [-0.05, 0) is 61.4 Å². The maximum Gasteiger partial charge on any atom is 0.410 e. The van der Waals surface area contributed by atoms with Crippen LogP contribution in [-0.2, 0) is 4.74 Å². The third-order valence-corrected chi connectivity index (χ3v) is 6.61. The van der Waals surface area contributed by atoms with Crippen LogP contribution in [0.1, 0.15) is 51.3 Å². The van der Waals surface area contributed by atoms with E-state index in [1.54, 1.807) is 9.58 Å². The molecule has 1 aliphatic heterocycles. The Balaban J connectivity index is 1.44. The van der Waals surface area contributed by atoms with Gasteiger partial charge >= 0.3 is 6.09 Å². The lowest BCUT2D eigenvalue weighted by molar-refractivity contribution is 0.0271. The third kappa shape index (κ3) is 2.91. The molecular formula is C19H21BrClFN4O2. The smallest absolute Gasteiger partial charge is 0.410 e. The zero-order chi connectivity index (χ0) is 20.0. The molecule has 0 N–H and O–H groups in total. The number of halogens is 3. The second kappa shape index (κ2) is 6.05. The molecule has 2 saturated carbocycles. The van der Waals surface area contributed by atoms with E-state index in [9.17, 15) is 9.18 Å². The Morgan fingerprint density at radius 2 is 1.93 bits per heavy atom. The fourth-order valence-electron chi connectivity index (χ4n) is 4.38. The molecule has 2 unspecified atom stereocenters. The van der Waals surface area contributed by atoms with Crippen LogP contribution in [0.25, 0.3) is 10.9 Å². The molecule has 0 spiro atoms. The highest BCUT2D eigenvalue weighted by atomic mass is 79.9. The first-order chi connectivity index (χ1) is 13.2. The van der Waals surface area contributed by atoms with Gasteiger partial charge < -0.3 is 9.64 Å². The molecule has 3 aliphatic rings. The minimum Gasteiger partial charge on any atom is -0.444 e. The summed E-state index contributed by atoms with van der Waals surface area (Å²) in [5.74, 6) is 0.347. The van der Waals surface area contributed by atoms with Crippen molar-refractivity contribution in [2.75, 3.05) is 13.1 Å². The van der Waals surface area contributed by atoms with Crippen LogP contribution in [0.3, 0.4) is 0 Å². The number of rotatable bonds is 2. The Kier molecular flexibility index (Phi) is 4.02. The fourth-order valence-corrected chi connectivity index (χ4v) is 5.22. The first-order valence-electron chi connectivity index (χ1n) is 9.56. The molecule has 2 aromatic heterocycles. The van der Waals surface area contributed by atoms with Crippen molar-refractivity contribution in [1.82, 2.24) is 19.7 Å². The quantitative estimate of drug-likeness (QED) is 0.585. The molecule has 0 radical (unpaired) electrons. The number of pyridine rings is 1. The molecule has 3 fully saturated rings. The highest BCUT2D eigenvalue weighted by Crippen LogP contribution is 2.60. The molecule has 2 atom stereocenters. The highest BCUT2D eigenvalue weighted by molar-refractivity contribution is 9.10. The van der Waals surface area contributed by atoms with Crippen LogP contribution < -0.4 is 0 Å². The Bertz CT molecular complexity index is 988. The molecule has 3 heterocycles. The van der Waals surface area contributed by atoms with Gasteiger partial charge in [0.1, 0.15) is 15.7 Å². The summed E-state index contributed by atoms with van der Waals surface area (Å²) in [4.78, 5) is 18.2. The fraction of sp³-hybridized carbons (Fsp3) is 0.632. The van der Waals surface area contributed by atoms with Crippen LogP contribution in [0.15, 0.2) is 4.60 Å². The van der Waals surface area contributed by atoms with Gasteiger partial charge in [0, 0.05) is 19.0 Å². The van der Waals surface area contributed by atoms with Crippen molar-refractivity contribution in [3.8, 4) is 0 Å². The second-order valence-corrected chi connectivity index (χ2v) is 10.1. The van der Waals surface area contributed by atoms with Crippen molar-refractivity contribution in [3.05, 3.63) is 21.3 Å². The normalized spacial score (nSPS) is 26.6. The SMILES string of the molecule is CC(C)(C)OC(=O)N1CC2C(C1)C2c1nn(C2CC2)c2c(F)c(Cl)nc(Br)c12. The van der Waals surface area contributed by atoms with Crippen molar-refractivity contribution in [3.63, 3.8) is 0 Å². The molecule has 0 bridgehead atoms. The van der Waals surface area contributed by atoms with E-state index >= 15 is 0 Å². The van der Waals surface area contributed by atoms with Gasteiger partial charge in [-0.1, -0.05) is 11.6 Å². The zero-order valence-electron chi connectivity index (χ0n) is 15.9. The number of carbonyl (C=O) groups is 1. The van der Waals surface area contributed by atoms with Gasteiger partial charge in [0.05, 0.1) is 17.1 Å². The molecule has 150 valence electrons. The summed E-state index contributed by atoms with van der Waals surface area (Å²) in [6, 6.07) is 0.230. The van der Waals surface area contributed by atoms with Crippen LogP contribution in [0.4, 0.5) is 9.18 Å².